The Bertz CT molecular complexity index is 311. The van der Waals surface area contributed by atoms with Gasteiger partial charge in [-0.3, -0.25) is 4.79 Å². The molecule has 0 aromatic carbocycles. The van der Waals surface area contributed by atoms with Gasteiger partial charge in [-0.05, 0) is 58.7 Å². The minimum atomic E-state index is -0.800. The van der Waals surface area contributed by atoms with E-state index in [0.29, 0.717) is 18.4 Å². The number of ether oxygens (including phenoxy) is 1. The van der Waals surface area contributed by atoms with Crippen LogP contribution in [0.3, 0.4) is 0 Å². The lowest BCUT2D eigenvalue weighted by molar-refractivity contribution is -0.144. The zero-order valence-corrected chi connectivity index (χ0v) is 13.3. The van der Waals surface area contributed by atoms with Crippen LogP contribution in [-0.4, -0.2) is 61.4 Å². The summed E-state index contributed by atoms with van der Waals surface area (Å²) < 4.78 is 5.51. The van der Waals surface area contributed by atoms with Gasteiger partial charge in [-0.15, -0.1) is 0 Å². The molecule has 0 aliphatic carbocycles. The van der Waals surface area contributed by atoms with Gasteiger partial charge in [0.15, 0.2) is 0 Å². The average molecular weight is 286 g/mol. The van der Waals surface area contributed by atoms with Crippen LogP contribution in [0.4, 0.5) is 0 Å². The van der Waals surface area contributed by atoms with Gasteiger partial charge in [-0.2, -0.15) is 0 Å². The Morgan fingerprint density at radius 2 is 2.20 bits per heavy atom. The van der Waals surface area contributed by atoms with E-state index in [4.69, 9.17) is 4.74 Å². The van der Waals surface area contributed by atoms with Crippen molar-refractivity contribution in [1.29, 1.82) is 0 Å². The first-order valence-electron chi connectivity index (χ1n) is 7.60. The number of hydrogen-bond acceptors (Lipinski definition) is 4. The van der Waals surface area contributed by atoms with Gasteiger partial charge in [-0.25, -0.2) is 0 Å². The zero-order valence-electron chi connectivity index (χ0n) is 13.3. The van der Waals surface area contributed by atoms with Gasteiger partial charge < -0.3 is 20.1 Å². The summed E-state index contributed by atoms with van der Waals surface area (Å²) in [4.78, 5) is 13.6. The van der Waals surface area contributed by atoms with Gasteiger partial charge in [0.05, 0.1) is 6.10 Å². The molecule has 1 heterocycles. The van der Waals surface area contributed by atoms with Crippen molar-refractivity contribution < 1.29 is 14.6 Å². The van der Waals surface area contributed by atoms with Crippen LogP contribution in [0.2, 0.25) is 0 Å². The molecule has 118 valence electrons. The van der Waals surface area contributed by atoms with Crippen LogP contribution < -0.4 is 5.32 Å². The third-order valence-electron chi connectivity index (χ3n) is 4.70. The molecule has 20 heavy (non-hydrogen) atoms. The lowest BCUT2D eigenvalue weighted by atomic mass is 9.94. The van der Waals surface area contributed by atoms with E-state index >= 15 is 0 Å². The molecular weight excluding hydrogens is 256 g/mol. The molecule has 5 heteroatoms. The van der Waals surface area contributed by atoms with Gasteiger partial charge in [0.25, 0.3) is 0 Å². The number of carboxylic acids is 1. The predicted octanol–water partition coefficient (Wildman–Crippen LogP) is 1.58. The van der Waals surface area contributed by atoms with Crippen molar-refractivity contribution in [1.82, 2.24) is 10.2 Å². The number of piperidine rings is 1. The molecule has 1 fully saturated rings. The molecule has 5 nitrogen and oxygen atoms in total. The first-order chi connectivity index (χ1) is 9.42. The predicted molar refractivity (Wildman–Crippen MR) is 80.0 cm³/mol. The Morgan fingerprint density at radius 3 is 2.75 bits per heavy atom. The van der Waals surface area contributed by atoms with Crippen LogP contribution in [-0.2, 0) is 9.53 Å². The van der Waals surface area contributed by atoms with Crippen molar-refractivity contribution in [2.24, 2.45) is 5.92 Å². The summed E-state index contributed by atoms with van der Waals surface area (Å²) in [5.74, 6) is -0.137. The summed E-state index contributed by atoms with van der Waals surface area (Å²) in [6.45, 7) is 7.16. The number of hydrogen-bond donors (Lipinski definition) is 2. The Balaban J connectivity index is 2.26. The molecule has 0 aromatic heterocycles. The van der Waals surface area contributed by atoms with Gasteiger partial charge in [0.2, 0.25) is 0 Å². The summed E-state index contributed by atoms with van der Waals surface area (Å²) >= 11 is 0. The maximum Gasteiger partial charge on any atom is 0.323 e. The highest BCUT2D eigenvalue weighted by molar-refractivity contribution is 5.78. The standard InChI is InChI=1S/C15H30N2O3/c1-12-7-10-17(11-13(12)20-4)9-6-5-8-15(2,16-3)14(18)19/h12-13,16H,5-11H2,1-4H3,(H,18,19). The van der Waals surface area contributed by atoms with E-state index in [2.05, 4.69) is 17.1 Å². The van der Waals surface area contributed by atoms with E-state index in [9.17, 15) is 9.90 Å². The number of likely N-dealkylation sites (tertiary alicyclic amines) is 1. The first kappa shape index (κ1) is 17.4. The van der Waals surface area contributed by atoms with Gasteiger partial charge in [0.1, 0.15) is 5.54 Å². The molecule has 0 bridgehead atoms. The largest absolute Gasteiger partial charge is 0.480 e. The van der Waals surface area contributed by atoms with E-state index in [1.807, 2.05) is 0 Å². The minimum Gasteiger partial charge on any atom is -0.480 e. The number of methoxy groups -OCH3 is 1. The van der Waals surface area contributed by atoms with Crippen molar-refractivity contribution in [3.05, 3.63) is 0 Å². The maximum absolute atomic E-state index is 11.2. The van der Waals surface area contributed by atoms with Crippen molar-refractivity contribution in [2.75, 3.05) is 33.8 Å². The number of nitrogens with one attached hydrogen (secondary N) is 1. The number of unbranched alkanes of at least 4 members (excludes halogenated alkanes) is 1. The number of carbonyl (C=O) groups is 1. The number of rotatable bonds is 8. The highest BCUT2D eigenvalue weighted by Crippen LogP contribution is 2.20. The Kier molecular flexibility index (Phi) is 6.92. The van der Waals surface area contributed by atoms with Gasteiger partial charge >= 0.3 is 5.97 Å². The topological polar surface area (TPSA) is 61.8 Å². The molecule has 1 aliphatic rings. The van der Waals surface area contributed by atoms with Crippen molar-refractivity contribution >= 4 is 5.97 Å². The third-order valence-corrected chi connectivity index (χ3v) is 4.70. The lowest BCUT2D eigenvalue weighted by Gasteiger charge is -2.36. The van der Waals surface area contributed by atoms with Crippen molar-refractivity contribution in [3.63, 3.8) is 0 Å². The number of carboxylic acid groups (broad SMARTS) is 1. The van der Waals surface area contributed by atoms with Crippen LogP contribution in [0.1, 0.15) is 39.5 Å². The van der Waals surface area contributed by atoms with E-state index in [-0.39, 0.29) is 0 Å². The minimum absolute atomic E-state index is 0.338. The van der Waals surface area contributed by atoms with Crippen LogP contribution in [0.5, 0.6) is 0 Å². The summed E-state index contributed by atoms with van der Waals surface area (Å²) in [6.07, 6.45) is 4.15. The number of nitrogens with zero attached hydrogens (tertiary/aromatic N) is 1. The average Bonchev–Trinajstić information content (AvgIpc) is 2.44. The summed E-state index contributed by atoms with van der Waals surface area (Å²) in [7, 11) is 3.50. The molecule has 0 saturated carbocycles. The smallest absolute Gasteiger partial charge is 0.323 e. The lowest BCUT2D eigenvalue weighted by Crippen LogP contribution is -2.47. The fourth-order valence-electron chi connectivity index (χ4n) is 2.76. The second-order valence-electron chi connectivity index (χ2n) is 6.19. The highest BCUT2D eigenvalue weighted by atomic mass is 16.5. The van der Waals surface area contributed by atoms with E-state index in [0.717, 1.165) is 32.5 Å². The van der Waals surface area contributed by atoms with Crippen LogP contribution in [0, 0.1) is 5.92 Å². The third kappa shape index (κ3) is 4.72. The summed E-state index contributed by atoms with van der Waals surface area (Å²) in [5, 5.41) is 12.1. The molecule has 0 radical (unpaired) electrons. The SMILES string of the molecule is CNC(C)(CCCCN1CCC(C)C(OC)C1)C(=O)O. The second-order valence-corrected chi connectivity index (χ2v) is 6.19. The Hall–Kier alpha value is -0.650. The van der Waals surface area contributed by atoms with E-state index in [1.165, 1.54) is 6.42 Å². The van der Waals surface area contributed by atoms with Crippen LogP contribution in [0.25, 0.3) is 0 Å². The second kappa shape index (κ2) is 7.96. The van der Waals surface area contributed by atoms with Crippen LogP contribution >= 0.6 is 0 Å². The maximum atomic E-state index is 11.2. The number of aliphatic carboxylic acids is 1. The molecule has 1 rings (SSSR count). The fraction of sp³-hybridized carbons (Fsp3) is 0.933. The fourth-order valence-corrected chi connectivity index (χ4v) is 2.76. The quantitative estimate of drug-likeness (QED) is 0.663. The van der Waals surface area contributed by atoms with Crippen molar-refractivity contribution in [3.8, 4) is 0 Å². The molecule has 1 saturated heterocycles. The Labute approximate surface area is 122 Å². The monoisotopic (exact) mass is 286 g/mol. The number of likely N-dealkylation sites (N-methyl/N-ethyl adjacent to an activating group) is 1. The zero-order chi connectivity index (χ0) is 15.2. The van der Waals surface area contributed by atoms with Crippen molar-refractivity contribution in [2.45, 2.75) is 51.2 Å². The molecule has 0 aromatic rings. The van der Waals surface area contributed by atoms with Gasteiger partial charge in [-0.1, -0.05) is 6.92 Å². The summed E-state index contributed by atoms with van der Waals surface area (Å²) in [6, 6.07) is 0. The molecule has 3 unspecified atom stereocenters. The highest BCUT2D eigenvalue weighted by Gasteiger charge is 2.30. The Morgan fingerprint density at radius 1 is 1.50 bits per heavy atom. The molecule has 2 N–H and O–H groups in total. The molecule has 0 amide bonds. The molecular formula is C15H30N2O3. The van der Waals surface area contributed by atoms with E-state index < -0.39 is 11.5 Å². The first-order valence-corrected chi connectivity index (χ1v) is 7.60. The van der Waals surface area contributed by atoms with Gasteiger partial charge in [0, 0.05) is 13.7 Å². The van der Waals surface area contributed by atoms with Crippen LogP contribution in [0.15, 0.2) is 0 Å². The summed E-state index contributed by atoms with van der Waals surface area (Å²) in [5.41, 5.74) is -0.800. The van der Waals surface area contributed by atoms with E-state index in [1.54, 1.807) is 21.1 Å². The normalized spacial score (nSPS) is 27.2. The molecule has 1 aliphatic heterocycles. The molecule has 3 atom stereocenters. The molecule has 0 spiro atoms.